The van der Waals surface area contributed by atoms with Gasteiger partial charge < -0.3 is 10.0 Å². The van der Waals surface area contributed by atoms with Gasteiger partial charge in [0.1, 0.15) is 11.6 Å². The normalized spacial score (nSPS) is 10.3. The molecule has 2 rings (SSSR count). The fourth-order valence-electron chi connectivity index (χ4n) is 2.13. The first-order valence-electron chi connectivity index (χ1n) is 6.40. The number of aryl methyl sites for hydroxylation is 1. The number of rotatable bonds is 3. The van der Waals surface area contributed by atoms with Gasteiger partial charge in [-0.3, -0.25) is 4.79 Å². The standard InChI is InChI=1S/C16H16FNO2/c1-3-18(15-7-5-4-6-14(15)17)16(20)13-9-8-12(19)10-11(13)2/h4-10,19H,3H2,1-2H3. The second kappa shape index (κ2) is 5.74. The van der Waals surface area contributed by atoms with Crippen molar-refractivity contribution in [2.75, 3.05) is 11.4 Å². The number of hydrogen-bond acceptors (Lipinski definition) is 2. The fourth-order valence-corrected chi connectivity index (χ4v) is 2.13. The van der Waals surface area contributed by atoms with E-state index >= 15 is 0 Å². The Balaban J connectivity index is 2.42. The van der Waals surface area contributed by atoms with Crippen LogP contribution in [0.2, 0.25) is 0 Å². The molecule has 0 saturated heterocycles. The molecule has 0 heterocycles. The summed E-state index contributed by atoms with van der Waals surface area (Å²) in [4.78, 5) is 13.9. The zero-order valence-corrected chi connectivity index (χ0v) is 11.4. The van der Waals surface area contributed by atoms with Crippen LogP contribution >= 0.6 is 0 Å². The lowest BCUT2D eigenvalue weighted by Crippen LogP contribution is -2.31. The lowest BCUT2D eigenvalue weighted by atomic mass is 10.1. The van der Waals surface area contributed by atoms with Crippen LogP contribution < -0.4 is 4.90 Å². The topological polar surface area (TPSA) is 40.5 Å². The maximum absolute atomic E-state index is 13.8. The first kappa shape index (κ1) is 14.1. The highest BCUT2D eigenvalue weighted by atomic mass is 19.1. The Morgan fingerprint density at radius 1 is 1.25 bits per heavy atom. The quantitative estimate of drug-likeness (QED) is 0.929. The summed E-state index contributed by atoms with van der Waals surface area (Å²) < 4.78 is 13.8. The monoisotopic (exact) mass is 273 g/mol. The molecule has 0 spiro atoms. The van der Waals surface area contributed by atoms with E-state index in [1.807, 2.05) is 0 Å². The molecule has 2 aromatic carbocycles. The van der Waals surface area contributed by atoms with Gasteiger partial charge in [-0.05, 0) is 49.7 Å². The Morgan fingerprint density at radius 3 is 2.55 bits per heavy atom. The van der Waals surface area contributed by atoms with Crippen molar-refractivity contribution in [2.45, 2.75) is 13.8 Å². The highest BCUT2D eigenvalue weighted by Crippen LogP contribution is 2.23. The average molecular weight is 273 g/mol. The smallest absolute Gasteiger partial charge is 0.258 e. The first-order valence-corrected chi connectivity index (χ1v) is 6.40. The summed E-state index contributed by atoms with van der Waals surface area (Å²) in [5.41, 5.74) is 1.37. The van der Waals surface area contributed by atoms with E-state index in [-0.39, 0.29) is 17.3 Å². The molecule has 0 aromatic heterocycles. The number of nitrogens with zero attached hydrogens (tertiary/aromatic N) is 1. The SMILES string of the molecule is CCN(C(=O)c1ccc(O)cc1C)c1ccccc1F. The van der Waals surface area contributed by atoms with E-state index in [4.69, 9.17) is 0 Å². The molecule has 2 aromatic rings. The van der Waals surface area contributed by atoms with E-state index in [0.29, 0.717) is 17.7 Å². The summed E-state index contributed by atoms with van der Waals surface area (Å²) in [5, 5.41) is 9.39. The van der Waals surface area contributed by atoms with E-state index < -0.39 is 5.82 Å². The molecule has 0 aliphatic heterocycles. The van der Waals surface area contributed by atoms with Gasteiger partial charge in [0.25, 0.3) is 5.91 Å². The minimum Gasteiger partial charge on any atom is -0.508 e. The molecule has 104 valence electrons. The predicted octanol–water partition coefficient (Wildman–Crippen LogP) is 3.51. The number of hydrogen-bond donors (Lipinski definition) is 1. The third-order valence-electron chi connectivity index (χ3n) is 3.15. The summed E-state index contributed by atoms with van der Waals surface area (Å²) in [6, 6.07) is 10.7. The van der Waals surface area contributed by atoms with E-state index in [9.17, 15) is 14.3 Å². The van der Waals surface area contributed by atoms with Gasteiger partial charge in [0.15, 0.2) is 0 Å². The molecule has 4 heteroatoms. The van der Waals surface area contributed by atoms with Crippen LogP contribution in [0.3, 0.4) is 0 Å². The molecular formula is C16H16FNO2. The van der Waals surface area contributed by atoms with Gasteiger partial charge in [0, 0.05) is 12.1 Å². The van der Waals surface area contributed by atoms with Crippen LogP contribution in [0.5, 0.6) is 5.75 Å². The van der Waals surface area contributed by atoms with E-state index in [2.05, 4.69) is 0 Å². The zero-order chi connectivity index (χ0) is 14.7. The minimum absolute atomic E-state index is 0.105. The molecule has 0 aliphatic carbocycles. The number of phenolic OH excluding ortho intramolecular Hbond substituents is 1. The molecule has 0 unspecified atom stereocenters. The van der Waals surface area contributed by atoms with E-state index in [0.717, 1.165) is 0 Å². The van der Waals surface area contributed by atoms with E-state index in [1.165, 1.54) is 23.1 Å². The van der Waals surface area contributed by atoms with Crippen molar-refractivity contribution in [2.24, 2.45) is 0 Å². The summed E-state index contributed by atoms with van der Waals surface area (Å²) >= 11 is 0. The minimum atomic E-state index is -0.431. The van der Waals surface area contributed by atoms with Crippen molar-refractivity contribution in [3.63, 3.8) is 0 Å². The molecule has 0 aliphatic rings. The lowest BCUT2D eigenvalue weighted by Gasteiger charge is -2.22. The number of amides is 1. The third kappa shape index (κ3) is 2.64. The summed E-state index contributed by atoms with van der Waals surface area (Å²) in [6.07, 6.45) is 0. The third-order valence-corrected chi connectivity index (χ3v) is 3.15. The maximum Gasteiger partial charge on any atom is 0.258 e. The van der Waals surface area contributed by atoms with Crippen LogP contribution in [0.1, 0.15) is 22.8 Å². The zero-order valence-electron chi connectivity index (χ0n) is 11.4. The molecule has 0 bridgehead atoms. The average Bonchev–Trinajstić information content (AvgIpc) is 2.41. The summed E-state index contributed by atoms with van der Waals surface area (Å²) in [5.74, 6) is -0.609. The van der Waals surface area contributed by atoms with Gasteiger partial charge >= 0.3 is 0 Å². The van der Waals surface area contributed by atoms with Crippen LogP contribution in [0, 0.1) is 12.7 Å². The first-order chi connectivity index (χ1) is 9.54. The van der Waals surface area contributed by atoms with Crippen LogP contribution in [-0.4, -0.2) is 17.6 Å². The van der Waals surface area contributed by atoms with Crippen molar-refractivity contribution >= 4 is 11.6 Å². The van der Waals surface area contributed by atoms with Gasteiger partial charge in [0.05, 0.1) is 5.69 Å². The molecule has 0 radical (unpaired) electrons. The number of anilines is 1. The maximum atomic E-state index is 13.8. The molecule has 0 fully saturated rings. The number of carbonyl (C=O) groups excluding carboxylic acids is 1. The predicted molar refractivity (Wildman–Crippen MR) is 76.6 cm³/mol. The lowest BCUT2D eigenvalue weighted by molar-refractivity contribution is 0.0987. The van der Waals surface area contributed by atoms with Gasteiger partial charge in [-0.15, -0.1) is 0 Å². The number of aromatic hydroxyl groups is 1. The molecule has 0 atom stereocenters. The Hall–Kier alpha value is -2.36. The Labute approximate surface area is 117 Å². The highest BCUT2D eigenvalue weighted by molar-refractivity contribution is 6.07. The van der Waals surface area contributed by atoms with Crippen molar-refractivity contribution in [1.29, 1.82) is 0 Å². The fraction of sp³-hybridized carbons (Fsp3) is 0.188. The highest BCUT2D eigenvalue weighted by Gasteiger charge is 2.20. The number of para-hydroxylation sites is 1. The summed E-state index contributed by atoms with van der Waals surface area (Å²) in [6.45, 7) is 3.89. The van der Waals surface area contributed by atoms with Crippen molar-refractivity contribution in [3.8, 4) is 5.75 Å². The van der Waals surface area contributed by atoms with Gasteiger partial charge in [-0.2, -0.15) is 0 Å². The molecular weight excluding hydrogens is 257 g/mol. The van der Waals surface area contributed by atoms with Crippen molar-refractivity contribution in [3.05, 3.63) is 59.4 Å². The van der Waals surface area contributed by atoms with Crippen LogP contribution in [0.25, 0.3) is 0 Å². The van der Waals surface area contributed by atoms with Crippen molar-refractivity contribution < 1.29 is 14.3 Å². The van der Waals surface area contributed by atoms with Gasteiger partial charge in [-0.25, -0.2) is 4.39 Å². The van der Waals surface area contributed by atoms with Gasteiger partial charge in [0.2, 0.25) is 0 Å². The molecule has 1 N–H and O–H groups in total. The molecule has 3 nitrogen and oxygen atoms in total. The second-order valence-corrected chi connectivity index (χ2v) is 4.50. The largest absolute Gasteiger partial charge is 0.508 e. The number of halogens is 1. The van der Waals surface area contributed by atoms with Crippen LogP contribution in [-0.2, 0) is 0 Å². The number of benzene rings is 2. The van der Waals surface area contributed by atoms with Crippen LogP contribution in [0.4, 0.5) is 10.1 Å². The molecule has 1 amide bonds. The Morgan fingerprint density at radius 2 is 1.95 bits per heavy atom. The summed E-state index contributed by atoms with van der Waals surface area (Å²) in [7, 11) is 0. The Bertz CT molecular complexity index is 640. The van der Waals surface area contributed by atoms with E-state index in [1.54, 1.807) is 38.1 Å². The molecule has 20 heavy (non-hydrogen) atoms. The Kier molecular flexibility index (Phi) is 4.03. The van der Waals surface area contributed by atoms with Crippen LogP contribution in [0.15, 0.2) is 42.5 Å². The van der Waals surface area contributed by atoms with Gasteiger partial charge in [-0.1, -0.05) is 12.1 Å². The number of phenols is 1. The molecule has 0 saturated carbocycles. The van der Waals surface area contributed by atoms with Crippen molar-refractivity contribution in [1.82, 2.24) is 0 Å². The second-order valence-electron chi connectivity index (χ2n) is 4.50. The number of carbonyl (C=O) groups is 1.